The number of carbonyl (C=O) groups is 1. The molecule has 9 aliphatic heterocycles. The van der Waals surface area contributed by atoms with E-state index in [1.54, 1.807) is 60.7 Å². The monoisotopic (exact) mass is 1890 g/mol. The van der Waals surface area contributed by atoms with Crippen molar-refractivity contribution in [2.75, 3.05) is 54.8 Å². The van der Waals surface area contributed by atoms with Crippen molar-refractivity contribution in [3.8, 4) is 46.0 Å². The van der Waals surface area contributed by atoms with Gasteiger partial charge in [0.25, 0.3) is 46.0 Å². The van der Waals surface area contributed by atoms with Crippen molar-refractivity contribution in [3.05, 3.63) is 202 Å². The molecular formula is C69H74F4N8O36P4S3. The number of ether oxygens (including phenoxy) is 8. The van der Waals surface area contributed by atoms with Gasteiger partial charge < -0.3 is 107 Å². The lowest BCUT2D eigenvalue weighted by Gasteiger charge is -2.32. The molecule has 44 nitrogen and oxygen atoms in total. The van der Waals surface area contributed by atoms with Gasteiger partial charge in [0.15, 0.2) is 85.2 Å². The van der Waals surface area contributed by atoms with Crippen molar-refractivity contribution in [2.24, 2.45) is 0 Å². The molecule has 4 unspecified atom stereocenters. The molecule has 7 aromatic rings. The van der Waals surface area contributed by atoms with Gasteiger partial charge in [0, 0.05) is 71.3 Å². The Morgan fingerprint density at radius 2 is 0.766 bits per heavy atom. The number of nitrogens with zero attached hydrogens (tertiary/aromatic N) is 4. The van der Waals surface area contributed by atoms with E-state index in [9.17, 15) is 78.3 Å². The van der Waals surface area contributed by atoms with Crippen LogP contribution in [0.1, 0.15) is 49.1 Å². The number of phosphoric ester groups is 4. The van der Waals surface area contributed by atoms with Crippen LogP contribution in [0.15, 0.2) is 149 Å². The van der Waals surface area contributed by atoms with Crippen LogP contribution in [0.2, 0.25) is 0 Å². The second-order valence-electron chi connectivity index (χ2n) is 26.5. The third-order valence-corrected chi connectivity index (χ3v) is 24.3. The Bertz CT molecular complexity index is 6130. The van der Waals surface area contributed by atoms with Gasteiger partial charge in [-0.05, 0) is 60.9 Å². The van der Waals surface area contributed by atoms with Gasteiger partial charge in [0.05, 0.1) is 63.1 Å². The number of benzene rings is 4. The lowest BCUT2D eigenvalue weighted by molar-refractivity contribution is -0.208. The normalized spacial score (nSPS) is 35.1. The molecule has 0 saturated carbocycles. The number of alkyl halides is 4. The number of aromatic nitrogens is 6. The van der Waals surface area contributed by atoms with E-state index in [0.29, 0.717) is 27.2 Å². The molecule has 0 bridgehead atoms. The minimum atomic E-state index is -4.87. The zero-order chi connectivity index (χ0) is 95.0. The van der Waals surface area contributed by atoms with Crippen LogP contribution >= 0.6 is 67.9 Å². The van der Waals surface area contributed by atoms with Crippen LogP contribution in [0.3, 0.4) is 0 Å². The maximum Gasteiger partial charge on any atom is 0.530 e. The third-order valence-electron chi connectivity index (χ3n) is 18.5. The van der Waals surface area contributed by atoms with E-state index in [-0.39, 0.29) is 92.6 Å². The average molecular weight is 1890 g/mol. The Balaban J connectivity index is 0.000000148. The molecule has 9 aliphatic rings. The zero-order valence-electron chi connectivity index (χ0n) is 69.6. The Labute approximate surface area is 717 Å². The molecule has 0 spiro atoms. The number of nitrogens with one attached hydrogen (secondary N) is 4. The number of hydrogen-bond acceptors (Lipinski definition) is 40. The predicted octanol–water partition coefficient (Wildman–Crippen LogP) is 5.58. The number of aromatic amines is 3. The Morgan fingerprint density at radius 3 is 1.13 bits per heavy atom. The third kappa shape index (κ3) is 19.4. The van der Waals surface area contributed by atoms with E-state index in [2.05, 4.69) is 26.8 Å². The van der Waals surface area contributed by atoms with Gasteiger partial charge in [0.1, 0.15) is 81.0 Å². The smallest absolute Gasteiger partial charge is 0.493 e. The second kappa shape index (κ2) is 36.9. The molecule has 4 aromatic carbocycles. The van der Waals surface area contributed by atoms with Gasteiger partial charge in [-0.25, -0.2) is 35.8 Å². The fourth-order valence-corrected chi connectivity index (χ4v) is 17.6. The second-order valence-corrected chi connectivity index (χ2v) is 33.9. The molecule has 12 heterocycles. The zero-order valence-corrected chi connectivity index (χ0v) is 69.6. The quantitative estimate of drug-likeness (QED) is 0.0251. The fourth-order valence-electron chi connectivity index (χ4n) is 12.2. The van der Waals surface area contributed by atoms with Crippen molar-refractivity contribution in [2.45, 2.75) is 124 Å². The van der Waals surface area contributed by atoms with Gasteiger partial charge in [-0.2, -0.15) is 0 Å². The number of fused-ring (bicyclic) bond motifs is 4. The standard InChI is InChI=1S/C18H20FN2O9P.3C17H18FN2O9PS/c1-10-20-13(22)6-7-21(10)17-14(23)16(24)18(19,29-17)9-28-31(25)27-8-11-4-3-5-12(26-2)15(11)30-31;3*1-25-10-4-2-3-9-7-26-30(24,29-13(9)10)27-8-17(18)14(23)12(22)15(28-17)20-6-5-11(21)19-16(20)31/h3-7,14,16-17,23-24H,1,8-9H2,2H3,(H,20,22);3*2-6,12,14-15,22-23H,7-8H2,1H3,(H,19,21,31)/t14-,16+,17-,18-,31?;3*12-,14+,15-,17-,30?/m1111/s1/i9D2,17D;15D;8D2;. The molecule has 0 radical (unpaired) electrons. The van der Waals surface area contributed by atoms with Crippen LogP contribution in [-0.4, -0.2) is 214 Å². The van der Waals surface area contributed by atoms with Gasteiger partial charge in [0.2, 0.25) is 0 Å². The summed E-state index contributed by atoms with van der Waals surface area (Å²) in [6.07, 6.45) is -21.8. The number of rotatable bonds is 20. The number of hydrogen-bond donors (Lipinski definition) is 12. The topological polar surface area (TPSA) is 560 Å². The number of amides is 1. The van der Waals surface area contributed by atoms with Gasteiger partial charge in [-0.15, -0.1) is 0 Å². The summed E-state index contributed by atoms with van der Waals surface area (Å²) >= 11 is 14.8. The molecule has 12 N–H and O–H groups in total. The van der Waals surface area contributed by atoms with Crippen LogP contribution < -0.4 is 59.0 Å². The van der Waals surface area contributed by atoms with Crippen molar-refractivity contribution in [1.29, 1.82) is 0 Å². The van der Waals surface area contributed by atoms with E-state index in [4.69, 9.17) is 137 Å². The first kappa shape index (κ1) is 84.7. The highest BCUT2D eigenvalue weighted by Gasteiger charge is 2.62. The Hall–Kier alpha value is -8.83. The molecule has 4 saturated heterocycles. The number of aliphatic hydroxyl groups excluding tert-OH is 8. The summed E-state index contributed by atoms with van der Waals surface area (Å²) in [5, 5.41) is 84.7. The number of phosphoric acid groups is 4. The highest BCUT2D eigenvalue weighted by atomic mass is 32.1. The lowest BCUT2D eigenvalue weighted by atomic mass is 10.1. The highest BCUT2D eigenvalue weighted by Crippen LogP contribution is 2.62. The van der Waals surface area contributed by atoms with Crippen LogP contribution in [0.5, 0.6) is 46.0 Å². The first-order chi connectivity index (χ1) is 60.8. The summed E-state index contributed by atoms with van der Waals surface area (Å²) < 4.78 is 266. The molecule has 55 heteroatoms. The minimum absolute atomic E-state index is 0.0522. The molecule has 3 aromatic heterocycles. The van der Waals surface area contributed by atoms with Crippen molar-refractivity contribution in [1.82, 2.24) is 38.9 Å². The molecule has 16 rings (SSSR count). The number of H-pyrrole nitrogens is 3. The minimum Gasteiger partial charge on any atom is -0.493 e. The summed E-state index contributed by atoms with van der Waals surface area (Å²) in [4.78, 5) is 52.9. The van der Waals surface area contributed by atoms with Gasteiger partial charge in [-0.3, -0.25) is 84.0 Å². The summed E-state index contributed by atoms with van der Waals surface area (Å²) in [6, 6.07) is 22.1. The first-order valence-electron chi connectivity index (χ1n) is 38.3. The van der Waals surface area contributed by atoms with E-state index < -0.39 is 177 Å². The first-order valence-corrected chi connectivity index (χ1v) is 42.4. The molecular weight excluding hydrogens is 1810 g/mol. The van der Waals surface area contributed by atoms with Gasteiger partial charge >= 0.3 is 31.3 Å². The fraction of sp³-hybridized carbons (Fsp3) is 0.406. The van der Waals surface area contributed by atoms with E-state index in [0.717, 1.165) is 56.6 Å². The SMILES string of the molecule is COc1cccc2c1OP(=O)(OC[C@@]1(F)O[C@@H](n3ccc(=O)[nH]c3=S)[C@H](O)[C@@H]1O)OC2.[2H]C([2H])(OP1(=O)OCc2cccc(OC)c2O1)[C@@]1(F)O[C@@H](n2ccc(=O)[nH]c2=S)[C@H](O)[C@@H]1O.[2H]C([2H])(OP1(=O)OCc2cccc(OC)c2O1)[C@@]1(F)O[C@@]([2H])(N2C=CC(=O)NC2=C)[C@H](O)[C@@H]1O.[2H][C@@]1(n2ccc(=O)[nH]c2=S)O[C@](F)(COP2(=O)OCc3cccc(OC)c3O2)[C@@H](O)[C@H]1O. The Morgan fingerprint density at radius 1 is 0.460 bits per heavy atom. The van der Waals surface area contributed by atoms with Gasteiger partial charge in [-0.1, -0.05) is 55.1 Å². The number of aliphatic hydroxyl groups is 8. The van der Waals surface area contributed by atoms with Crippen LogP contribution in [0.25, 0.3) is 0 Å². The summed E-state index contributed by atoms with van der Waals surface area (Å²) in [5.41, 5.74) is 0.168. The van der Waals surface area contributed by atoms with E-state index >= 15 is 17.6 Å². The number of halogens is 4. The van der Waals surface area contributed by atoms with Crippen LogP contribution in [-0.2, 0) is 105 Å². The van der Waals surface area contributed by atoms with E-state index in [1.807, 2.05) is 0 Å². The largest absolute Gasteiger partial charge is 0.530 e. The number of para-hydroxylation sites is 4. The molecule has 0 aliphatic carbocycles. The summed E-state index contributed by atoms with van der Waals surface area (Å²) in [6.45, 7) is -7.38. The van der Waals surface area contributed by atoms with Crippen molar-refractivity contribution in [3.63, 3.8) is 0 Å². The number of methoxy groups -OCH3 is 4. The molecule has 1 amide bonds. The maximum absolute atomic E-state index is 15.9. The van der Waals surface area contributed by atoms with Crippen molar-refractivity contribution < 1.29 is 182 Å². The maximum atomic E-state index is 15.9. The molecule has 124 heavy (non-hydrogen) atoms. The Kier molecular flexibility index (Phi) is 25.2. The van der Waals surface area contributed by atoms with E-state index in [1.165, 1.54) is 46.8 Å². The summed E-state index contributed by atoms with van der Waals surface area (Å²) in [5.74, 6) is -14.0. The van der Waals surface area contributed by atoms with Crippen LogP contribution in [0, 0.1) is 14.3 Å². The molecule has 20 atom stereocenters. The lowest BCUT2D eigenvalue weighted by Crippen LogP contribution is -2.46. The highest BCUT2D eigenvalue weighted by molar-refractivity contribution is 7.71. The average Bonchev–Trinajstić information content (AvgIpc) is 1.55. The van der Waals surface area contributed by atoms with Crippen LogP contribution in [0.4, 0.5) is 17.6 Å². The molecule has 4 fully saturated rings. The number of carbonyl (C=O) groups excluding carboxylic acids is 1. The van der Waals surface area contributed by atoms with Crippen molar-refractivity contribution >= 4 is 73.9 Å². The predicted molar refractivity (Wildman–Crippen MR) is 412 cm³/mol. The molecule has 672 valence electrons. The summed E-state index contributed by atoms with van der Waals surface area (Å²) in [7, 11) is -13.0.